The van der Waals surface area contributed by atoms with Crippen LogP contribution < -0.4 is 5.14 Å². The third kappa shape index (κ3) is 4.34. The number of hydrogen-bond acceptors (Lipinski definition) is 4. The van der Waals surface area contributed by atoms with E-state index in [1.54, 1.807) is 26.1 Å². The molecule has 0 radical (unpaired) electrons. The second-order valence-electron chi connectivity index (χ2n) is 6.13. The van der Waals surface area contributed by atoms with Crippen molar-refractivity contribution in [1.29, 1.82) is 0 Å². The number of benzene rings is 1. The molecule has 0 unspecified atom stereocenters. The quantitative estimate of drug-likeness (QED) is 0.841. The van der Waals surface area contributed by atoms with Crippen molar-refractivity contribution in [2.45, 2.75) is 43.5 Å². The average Bonchev–Trinajstić information content (AvgIpc) is 2.82. The van der Waals surface area contributed by atoms with E-state index in [-0.39, 0.29) is 4.90 Å². The van der Waals surface area contributed by atoms with Gasteiger partial charge >= 0.3 is 0 Å². The largest absolute Gasteiger partial charge is 0.282 e. The molecule has 1 aliphatic rings. The van der Waals surface area contributed by atoms with Crippen molar-refractivity contribution >= 4 is 20.2 Å². The fourth-order valence-electron chi connectivity index (χ4n) is 2.80. The number of rotatable bonds is 5. The van der Waals surface area contributed by atoms with Gasteiger partial charge in [0.15, 0.2) is 0 Å². The van der Waals surface area contributed by atoms with Gasteiger partial charge in [-0.05, 0) is 37.5 Å². The summed E-state index contributed by atoms with van der Waals surface area (Å²) >= 11 is 0. The van der Waals surface area contributed by atoms with Crippen LogP contribution in [-0.4, -0.2) is 45.6 Å². The van der Waals surface area contributed by atoms with Crippen molar-refractivity contribution in [2.24, 2.45) is 5.14 Å². The summed E-state index contributed by atoms with van der Waals surface area (Å²) in [7, 11) is -5.75. The van der Waals surface area contributed by atoms with Gasteiger partial charge < -0.3 is 0 Å². The predicted octanol–water partition coefficient (Wildman–Crippen LogP) is 1.45. The molecule has 0 bridgehead atoms. The summed E-state index contributed by atoms with van der Waals surface area (Å²) in [6.07, 6.45) is 3.87. The Balaban J connectivity index is 2.20. The Morgan fingerprint density at radius 2 is 1.50 bits per heavy atom. The zero-order chi connectivity index (χ0) is 18.0. The van der Waals surface area contributed by atoms with Crippen molar-refractivity contribution in [1.82, 2.24) is 8.61 Å². The lowest BCUT2D eigenvalue weighted by Crippen LogP contribution is -2.43. The maximum atomic E-state index is 12.8. The molecule has 7 nitrogen and oxygen atoms in total. The number of sulfonamides is 1. The minimum atomic E-state index is -3.76. The van der Waals surface area contributed by atoms with E-state index in [2.05, 4.69) is 0 Å². The van der Waals surface area contributed by atoms with Gasteiger partial charge in [-0.25, -0.2) is 13.6 Å². The molecule has 2 N–H and O–H groups in total. The Labute approximate surface area is 144 Å². The molecule has 1 heterocycles. The van der Waals surface area contributed by atoms with E-state index in [0.29, 0.717) is 18.7 Å². The van der Waals surface area contributed by atoms with Crippen LogP contribution in [0.4, 0.5) is 0 Å². The molecule has 24 heavy (non-hydrogen) atoms. The number of primary sulfonamides is 1. The summed E-state index contributed by atoms with van der Waals surface area (Å²) in [6, 6.07) is 5.58. The molecular formula is C15H25N3O4S2. The lowest BCUT2D eigenvalue weighted by molar-refractivity contribution is 0.332. The molecule has 1 fully saturated rings. The monoisotopic (exact) mass is 375 g/mol. The Morgan fingerprint density at radius 1 is 1.00 bits per heavy atom. The highest BCUT2D eigenvalue weighted by Crippen LogP contribution is 2.25. The van der Waals surface area contributed by atoms with Gasteiger partial charge in [0.25, 0.3) is 10.2 Å². The van der Waals surface area contributed by atoms with Crippen molar-refractivity contribution < 1.29 is 16.8 Å². The van der Waals surface area contributed by atoms with Gasteiger partial charge in [-0.2, -0.15) is 17.0 Å². The van der Waals surface area contributed by atoms with E-state index < -0.39 is 26.3 Å². The molecule has 0 aromatic heterocycles. The van der Waals surface area contributed by atoms with Crippen LogP contribution in [-0.2, 0) is 20.2 Å². The average molecular weight is 376 g/mol. The normalized spacial score (nSPS) is 19.2. The van der Waals surface area contributed by atoms with Crippen molar-refractivity contribution in [2.75, 3.05) is 20.1 Å². The minimum Gasteiger partial charge on any atom is -0.225 e. The fourth-order valence-corrected chi connectivity index (χ4v) is 4.92. The summed E-state index contributed by atoms with van der Waals surface area (Å²) < 4.78 is 51.1. The van der Waals surface area contributed by atoms with Gasteiger partial charge in [-0.15, -0.1) is 0 Å². The summed E-state index contributed by atoms with van der Waals surface area (Å²) in [5, 5.41) is 5.08. The van der Waals surface area contributed by atoms with Gasteiger partial charge in [-0.1, -0.05) is 25.0 Å². The van der Waals surface area contributed by atoms with Crippen LogP contribution in [0.25, 0.3) is 0 Å². The second-order valence-corrected chi connectivity index (χ2v) is 9.68. The van der Waals surface area contributed by atoms with Gasteiger partial charge in [0.2, 0.25) is 10.0 Å². The van der Waals surface area contributed by atoms with Crippen molar-refractivity contribution in [3.63, 3.8) is 0 Å². The second kappa shape index (κ2) is 7.49. The first-order chi connectivity index (χ1) is 11.1. The van der Waals surface area contributed by atoms with E-state index in [1.165, 1.54) is 20.7 Å². The van der Waals surface area contributed by atoms with Crippen LogP contribution >= 0.6 is 0 Å². The lowest BCUT2D eigenvalue weighted by Gasteiger charge is -2.30. The molecule has 9 heteroatoms. The maximum Gasteiger partial charge on any atom is 0.282 e. The standard InChI is InChI=1S/C15H25N3O4S2/c1-13(14-7-9-15(10-8-14)23(16,19)20)17(2)24(21,22)18-11-5-3-4-6-12-18/h7-10,13H,3-6,11-12H2,1-2H3,(H2,16,19,20)/t13-/m0/s1. The summed E-state index contributed by atoms with van der Waals surface area (Å²) in [4.78, 5) is 0.0106. The van der Waals surface area contributed by atoms with Crippen LogP contribution in [0.15, 0.2) is 29.2 Å². The smallest absolute Gasteiger partial charge is 0.225 e. The van der Waals surface area contributed by atoms with Crippen LogP contribution in [0.3, 0.4) is 0 Å². The molecule has 1 aliphatic heterocycles. The van der Waals surface area contributed by atoms with E-state index in [0.717, 1.165) is 25.7 Å². The first-order valence-electron chi connectivity index (χ1n) is 8.00. The van der Waals surface area contributed by atoms with Gasteiger partial charge in [-0.3, -0.25) is 0 Å². The third-order valence-electron chi connectivity index (χ3n) is 4.49. The molecule has 1 atom stereocenters. The Bertz CT molecular complexity index is 752. The zero-order valence-corrected chi connectivity index (χ0v) is 15.7. The van der Waals surface area contributed by atoms with Gasteiger partial charge in [0, 0.05) is 26.2 Å². The Morgan fingerprint density at radius 3 is 1.96 bits per heavy atom. The number of nitrogens with zero attached hydrogens (tertiary/aromatic N) is 2. The maximum absolute atomic E-state index is 12.8. The highest BCUT2D eigenvalue weighted by Gasteiger charge is 2.31. The summed E-state index contributed by atoms with van der Waals surface area (Å²) in [5.74, 6) is 0. The number of nitrogens with two attached hydrogens (primary N) is 1. The van der Waals surface area contributed by atoms with Crippen LogP contribution in [0.1, 0.15) is 44.2 Å². The molecule has 2 rings (SSSR count). The highest BCUT2D eigenvalue weighted by atomic mass is 32.2. The van der Waals surface area contributed by atoms with Gasteiger partial charge in [0.1, 0.15) is 0 Å². The Kier molecular flexibility index (Phi) is 6.03. The summed E-state index contributed by atoms with van der Waals surface area (Å²) in [6.45, 7) is 2.87. The van der Waals surface area contributed by atoms with Crippen molar-refractivity contribution in [3.05, 3.63) is 29.8 Å². The van der Waals surface area contributed by atoms with Crippen LogP contribution in [0, 0.1) is 0 Å². The van der Waals surface area contributed by atoms with Crippen LogP contribution in [0.5, 0.6) is 0 Å². The van der Waals surface area contributed by atoms with E-state index >= 15 is 0 Å². The predicted molar refractivity (Wildman–Crippen MR) is 93.0 cm³/mol. The van der Waals surface area contributed by atoms with Crippen molar-refractivity contribution in [3.8, 4) is 0 Å². The molecule has 0 aliphatic carbocycles. The molecular weight excluding hydrogens is 350 g/mol. The van der Waals surface area contributed by atoms with E-state index in [1.807, 2.05) is 0 Å². The van der Waals surface area contributed by atoms with Crippen LogP contribution in [0.2, 0.25) is 0 Å². The molecule has 0 amide bonds. The van der Waals surface area contributed by atoms with E-state index in [9.17, 15) is 16.8 Å². The third-order valence-corrected chi connectivity index (χ3v) is 7.48. The highest BCUT2D eigenvalue weighted by molar-refractivity contribution is 7.89. The first kappa shape index (κ1) is 19.3. The zero-order valence-electron chi connectivity index (χ0n) is 14.1. The topological polar surface area (TPSA) is 101 Å². The molecule has 0 saturated carbocycles. The number of hydrogen-bond donors (Lipinski definition) is 1. The van der Waals surface area contributed by atoms with Gasteiger partial charge in [0.05, 0.1) is 4.90 Å². The molecule has 1 aromatic carbocycles. The minimum absolute atomic E-state index is 0.0106. The lowest BCUT2D eigenvalue weighted by atomic mass is 10.1. The molecule has 1 saturated heterocycles. The SMILES string of the molecule is C[C@@H](c1ccc(S(N)(=O)=O)cc1)N(C)S(=O)(=O)N1CCCCCC1. The fraction of sp³-hybridized carbons (Fsp3) is 0.600. The molecule has 1 aromatic rings. The molecule has 136 valence electrons. The molecule has 0 spiro atoms. The Hall–Kier alpha value is -1.00. The van der Waals surface area contributed by atoms with E-state index in [4.69, 9.17) is 5.14 Å². The summed E-state index contributed by atoms with van der Waals surface area (Å²) in [5.41, 5.74) is 0.711. The first-order valence-corrected chi connectivity index (χ1v) is 10.9.